The molecule has 0 atom stereocenters. The van der Waals surface area contributed by atoms with E-state index >= 15 is 0 Å². The molecule has 4 nitrogen and oxygen atoms in total. The molecule has 2 rings (SSSR count). The molecule has 0 aliphatic rings. The number of unbranched alkanes of at least 4 members (excludes halogenated alkanes) is 1. The average molecular weight is 348 g/mol. The van der Waals surface area contributed by atoms with Crippen molar-refractivity contribution < 1.29 is 9.53 Å². The van der Waals surface area contributed by atoms with Crippen LogP contribution in [0.3, 0.4) is 0 Å². The van der Waals surface area contributed by atoms with Crippen molar-refractivity contribution in [2.75, 3.05) is 6.61 Å². The van der Waals surface area contributed by atoms with E-state index in [1.54, 1.807) is 29.5 Å². The number of hydrogen-bond donors (Lipinski definition) is 2. The molecule has 0 unspecified atom stereocenters. The van der Waals surface area contributed by atoms with E-state index in [0.717, 1.165) is 17.7 Å². The number of amides is 1. The van der Waals surface area contributed by atoms with Gasteiger partial charge in [-0.2, -0.15) is 0 Å². The van der Waals surface area contributed by atoms with Gasteiger partial charge in [0.15, 0.2) is 5.11 Å². The molecule has 0 fully saturated rings. The monoisotopic (exact) mass is 348 g/mol. The summed E-state index contributed by atoms with van der Waals surface area (Å²) in [6, 6.07) is 11.1. The molecule has 0 saturated heterocycles. The Morgan fingerprint density at radius 1 is 1.30 bits per heavy atom. The molecule has 0 aliphatic carbocycles. The third kappa shape index (κ3) is 6.00. The average Bonchev–Trinajstić information content (AvgIpc) is 3.07. The van der Waals surface area contributed by atoms with Gasteiger partial charge < -0.3 is 10.1 Å². The van der Waals surface area contributed by atoms with E-state index in [9.17, 15) is 4.79 Å². The quantitative estimate of drug-likeness (QED) is 0.591. The molecule has 0 saturated carbocycles. The first-order valence-electron chi connectivity index (χ1n) is 7.53. The summed E-state index contributed by atoms with van der Waals surface area (Å²) in [5, 5.41) is 8.03. The highest BCUT2D eigenvalue weighted by molar-refractivity contribution is 7.80. The Labute approximate surface area is 145 Å². The lowest BCUT2D eigenvalue weighted by molar-refractivity contribution is 0.0976. The Balaban J connectivity index is 1.84. The number of hydrogen-bond acceptors (Lipinski definition) is 4. The largest absolute Gasteiger partial charge is 0.494 e. The third-order valence-electron chi connectivity index (χ3n) is 3.09. The number of benzene rings is 1. The first-order chi connectivity index (χ1) is 11.2. The van der Waals surface area contributed by atoms with Gasteiger partial charge in [-0.3, -0.25) is 10.1 Å². The van der Waals surface area contributed by atoms with Gasteiger partial charge in [0.1, 0.15) is 5.75 Å². The van der Waals surface area contributed by atoms with E-state index < -0.39 is 0 Å². The minimum atomic E-state index is -0.241. The van der Waals surface area contributed by atoms with Crippen LogP contribution in [0.2, 0.25) is 0 Å². The lowest BCUT2D eigenvalue weighted by Crippen LogP contribution is -2.38. The Morgan fingerprint density at radius 3 is 2.91 bits per heavy atom. The van der Waals surface area contributed by atoms with Crippen molar-refractivity contribution in [2.24, 2.45) is 0 Å². The smallest absolute Gasteiger partial charge is 0.257 e. The highest BCUT2D eigenvalue weighted by Gasteiger charge is 2.09. The molecule has 0 bridgehead atoms. The molecule has 1 heterocycles. The molecule has 6 heteroatoms. The molecule has 1 amide bonds. The number of thiocarbonyl (C=S) groups is 1. The fraction of sp³-hybridized carbons (Fsp3) is 0.294. The molecule has 122 valence electrons. The fourth-order valence-electron chi connectivity index (χ4n) is 1.86. The predicted molar refractivity (Wildman–Crippen MR) is 98.1 cm³/mol. The number of ether oxygens (including phenoxy) is 1. The standard InChI is InChI=1S/C17H20N2O2S2/c1-2-3-9-21-14-7-4-6-13(11-14)16(20)19-17(22)18-12-15-8-5-10-23-15/h4-8,10-11H,2-3,9,12H2,1H3,(H2,18,19,20,22). The van der Waals surface area contributed by atoms with Crippen LogP contribution in [0, 0.1) is 0 Å². The summed E-state index contributed by atoms with van der Waals surface area (Å²) in [7, 11) is 0. The van der Waals surface area contributed by atoms with E-state index in [4.69, 9.17) is 17.0 Å². The molecule has 2 N–H and O–H groups in total. The van der Waals surface area contributed by atoms with Crippen molar-refractivity contribution >= 4 is 34.6 Å². The van der Waals surface area contributed by atoms with Gasteiger partial charge in [-0.25, -0.2) is 0 Å². The maximum absolute atomic E-state index is 12.2. The number of nitrogens with one attached hydrogen (secondary N) is 2. The lowest BCUT2D eigenvalue weighted by Gasteiger charge is -2.10. The van der Waals surface area contributed by atoms with Crippen LogP contribution >= 0.6 is 23.6 Å². The van der Waals surface area contributed by atoms with Crippen LogP contribution in [-0.2, 0) is 6.54 Å². The van der Waals surface area contributed by atoms with Gasteiger partial charge in [-0.05, 0) is 48.3 Å². The van der Waals surface area contributed by atoms with E-state index in [-0.39, 0.29) is 5.91 Å². The topological polar surface area (TPSA) is 50.4 Å². The summed E-state index contributed by atoms with van der Waals surface area (Å²) in [6.07, 6.45) is 2.07. The maximum Gasteiger partial charge on any atom is 0.257 e. The summed E-state index contributed by atoms with van der Waals surface area (Å²) in [5.74, 6) is 0.457. The van der Waals surface area contributed by atoms with Crippen molar-refractivity contribution in [2.45, 2.75) is 26.3 Å². The van der Waals surface area contributed by atoms with E-state index in [0.29, 0.717) is 29.6 Å². The van der Waals surface area contributed by atoms with Gasteiger partial charge in [0.2, 0.25) is 0 Å². The van der Waals surface area contributed by atoms with Gasteiger partial charge in [0.05, 0.1) is 13.2 Å². The zero-order valence-electron chi connectivity index (χ0n) is 13.0. The van der Waals surface area contributed by atoms with Crippen LogP contribution in [0.4, 0.5) is 0 Å². The molecular weight excluding hydrogens is 328 g/mol. The third-order valence-corrected chi connectivity index (χ3v) is 4.22. The molecule has 23 heavy (non-hydrogen) atoms. The molecular formula is C17H20N2O2S2. The summed E-state index contributed by atoms with van der Waals surface area (Å²) in [4.78, 5) is 13.4. The van der Waals surface area contributed by atoms with Crippen LogP contribution in [0.1, 0.15) is 35.0 Å². The summed E-state index contributed by atoms with van der Waals surface area (Å²) < 4.78 is 5.61. The first kappa shape index (κ1) is 17.4. The van der Waals surface area contributed by atoms with E-state index in [2.05, 4.69) is 17.6 Å². The van der Waals surface area contributed by atoms with Crippen LogP contribution in [0.25, 0.3) is 0 Å². The van der Waals surface area contributed by atoms with Gasteiger partial charge in [0.25, 0.3) is 5.91 Å². The van der Waals surface area contributed by atoms with Crippen LogP contribution in [0.15, 0.2) is 41.8 Å². The zero-order chi connectivity index (χ0) is 16.5. The molecule has 0 aliphatic heterocycles. The second-order valence-electron chi connectivity index (χ2n) is 4.95. The van der Waals surface area contributed by atoms with Gasteiger partial charge >= 0.3 is 0 Å². The van der Waals surface area contributed by atoms with Crippen molar-refractivity contribution in [1.82, 2.24) is 10.6 Å². The Kier molecular flexibility index (Phi) is 7.03. The highest BCUT2D eigenvalue weighted by atomic mass is 32.1. The van der Waals surface area contributed by atoms with Gasteiger partial charge in [-0.15, -0.1) is 11.3 Å². The minimum absolute atomic E-state index is 0.241. The number of carbonyl (C=O) groups is 1. The molecule has 2 aromatic rings. The van der Waals surface area contributed by atoms with E-state index in [1.807, 2.05) is 23.6 Å². The Morgan fingerprint density at radius 2 is 2.17 bits per heavy atom. The summed E-state index contributed by atoms with van der Waals surface area (Å²) >= 11 is 6.79. The van der Waals surface area contributed by atoms with E-state index in [1.165, 1.54) is 0 Å². The molecule has 0 spiro atoms. The van der Waals surface area contributed by atoms with Crippen LogP contribution in [-0.4, -0.2) is 17.6 Å². The second kappa shape index (κ2) is 9.27. The van der Waals surface area contributed by atoms with Gasteiger partial charge in [-0.1, -0.05) is 25.5 Å². The fourth-order valence-corrected chi connectivity index (χ4v) is 2.67. The summed E-state index contributed by atoms with van der Waals surface area (Å²) in [5.41, 5.74) is 0.527. The van der Waals surface area contributed by atoms with Crippen molar-refractivity contribution in [3.63, 3.8) is 0 Å². The first-order valence-corrected chi connectivity index (χ1v) is 8.82. The zero-order valence-corrected chi connectivity index (χ0v) is 14.6. The number of carbonyl (C=O) groups excluding carboxylic acids is 1. The minimum Gasteiger partial charge on any atom is -0.494 e. The van der Waals surface area contributed by atoms with Crippen molar-refractivity contribution in [3.05, 3.63) is 52.2 Å². The molecule has 1 aromatic heterocycles. The van der Waals surface area contributed by atoms with Crippen LogP contribution in [0.5, 0.6) is 5.75 Å². The molecule has 1 aromatic carbocycles. The van der Waals surface area contributed by atoms with Crippen molar-refractivity contribution in [1.29, 1.82) is 0 Å². The number of rotatable bonds is 7. The SMILES string of the molecule is CCCCOc1cccc(C(=O)NC(=S)NCc2cccs2)c1. The predicted octanol–water partition coefficient (Wildman–Crippen LogP) is 3.73. The number of thiophene rings is 1. The van der Waals surface area contributed by atoms with Gasteiger partial charge in [0, 0.05) is 10.4 Å². The van der Waals surface area contributed by atoms with Crippen LogP contribution < -0.4 is 15.4 Å². The normalized spacial score (nSPS) is 10.1. The Hall–Kier alpha value is -1.92. The Bertz CT molecular complexity index is 642. The highest BCUT2D eigenvalue weighted by Crippen LogP contribution is 2.14. The van der Waals surface area contributed by atoms with Crippen molar-refractivity contribution in [3.8, 4) is 5.75 Å². The lowest BCUT2D eigenvalue weighted by atomic mass is 10.2. The maximum atomic E-state index is 12.2. The molecule has 0 radical (unpaired) electrons. The second-order valence-corrected chi connectivity index (χ2v) is 6.39. The summed E-state index contributed by atoms with van der Waals surface area (Å²) in [6.45, 7) is 3.37.